The molecule has 1 N–H and O–H groups in total. The zero-order chi connectivity index (χ0) is 19.8. The van der Waals surface area contributed by atoms with Crippen LogP contribution in [0, 0.1) is 5.82 Å². The highest BCUT2D eigenvalue weighted by molar-refractivity contribution is 5.79. The van der Waals surface area contributed by atoms with E-state index < -0.39 is 6.10 Å². The third-order valence-electron chi connectivity index (χ3n) is 4.23. The van der Waals surface area contributed by atoms with Gasteiger partial charge >= 0.3 is 0 Å². The van der Waals surface area contributed by atoms with E-state index in [0.717, 1.165) is 17.6 Å². The van der Waals surface area contributed by atoms with E-state index in [9.17, 15) is 14.3 Å². The first kappa shape index (κ1) is 19.8. The van der Waals surface area contributed by atoms with E-state index >= 15 is 0 Å². The van der Waals surface area contributed by atoms with Crippen LogP contribution in [-0.4, -0.2) is 35.5 Å². The summed E-state index contributed by atoms with van der Waals surface area (Å²) in [5.74, 6) is 0.915. The van der Waals surface area contributed by atoms with Gasteiger partial charge in [0, 0.05) is 13.1 Å². The Kier molecular flexibility index (Phi) is 6.94. The highest BCUT2D eigenvalue weighted by Gasteiger charge is 2.16. The summed E-state index contributed by atoms with van der Waals surface area (Å²) in [5.41, 5.74) is 1.36. The summed E-state index contributed by atoms with van der Waals surface area (Å²) in [6, 6.07) is 16.8. The van der Waals surface area contributed by atoms with E-state index in [1.165, 1.54) is 12.1 Å². The van der Waals surface area contributed by atoms with Crippen LogP contribution < -0.4 is 4.74 Å². The second-order valence-electron chi connectivity index (χ2n) is 6.50. The summed E-state index contributed by atoms with van der Waals surface area (Å²) < 4.78 is 24.2. The maximum atomic E-state index is 13.2. The Morgan fingerprint density at radius 2 is 1.86 bits per heavy atom. The molecule has 3 rings (SSSR count). The molecule has 1 unspecified atom stereocenters. The first-order valence-electron chi connectivity index (χ1n) is 8.98. The number of hydrogen-bond donors (Lipinski definition) is 1. The summed E-state index contributed by atoms with van der Waals surface area (Å²) >= 11 is 0. The van der Waals surface area contributed by atoms with Crippen molar-refractivity contribution in [2.75, 3.05) is 13.2 Å². The summed E-state index contributed by atoms with van der Waals surface area (Å²) in [4.78, 5) is 13.1. The fraction of sp³-hybridized carbons (Fsp3) is 0.227. The van der Waals surface area contributed by atoms with E-state index in [-0.39, 0.29) is 12.4 Å². The van der Waals surface area contributed by atoms with Crippen molar-refractivity contribution < 1.29 is 23.4 Å². The van der Waals surface area contributed by atoms with Crippen LogP contribution in [0.1, 0.15) is 21.7 Å². The van der Waals surface area contributed by atoms with Crippen LogP contribution in [0.3, 0.4) is 0 Å². The standard InChI is InChI=1S/C22H22FNO4/c23-19-9-7-17(8-10-19)12-24(14-21-5-3-11-27-21)13-20(26)16-28-22-6-2-1-4-18(22)15-25/h1-11,15,20,26H,12-14,16H2. The molecule has 0 spiro atoms. The average Bonchev–Trinajstić information content (AvgIpc) is 3.21. The van der Waals surface area contributed by atoms with Gasteiger partial charge in [0.15, 0.2) is 6.29 Å². The van der Waals surface area contributed by atoms with Gasteiger partial charge in [-0.2, -0.15) is 0 Å². The minimum Gasteiger partial charge on any atom is -0.490 e. The van der Waals surface area contributed by atoms with Crippen molar-refractivity contribution >= 4 is 6.29 Å². The monoisotopic (exact) mass is 383 g/mol. The van der Waals surface area contributed by atoms with Gasteiger partial charge in [-0.25, -0.2) is 4.39 Å². The Hall–Kier alpha value is -2.96. The molecule has 1 heterocycles. The fourth-order valence-electron chi connectivity index (χ4n) is 2.90. The molecule has 1 atom stereocenters. The number of aldehydes is 1. The van der Waals surface area contributed by atoms with E-state index in [0.29, 0.717) is 30.9 Å². The number of ether oxygens (including phenoxy) is 1. The van der Waals surface area contributed by atoms with Crippen LogP contribution in [-0.2, 0) is 13.1 Å². The summed E-state index contributed by atoms with van der Waals surface area (Å²) in [5, 5.41) is 10.4. The Labute approximate surface area is 163 Å². The van der Waals surface area contributed by atoms with Gasteiger partial charge < -0.3 is 14.3 Å². The lowest BCUT2D eigenvalue weighted by atomic mass is 10.2. The van der Waals surface area contributed by atoms with Crippen molar-refractivity contribution in [2.24, 2.45) is 0 Å². The van der Waals surface area contributed by atoms with E-state index in [1.54, 1.807) is 48.7 Å². The number of aliphatic hydroxyl groups is 1. The number of halogens is 1. The van der Waals surface area contributed by atoms with E-state index in [1.807, 2.05) is 11.0 Å². The van der Waals surface area contributed by atoms with E-state index in [4.69, 9.17) is 9.15 Å². The molecule has 0 aliphatic heterocycles. The van der Waals surface area contributed by atoms with Gasteiger partial charge in [-0.15, -0.1) is 0 Å². The maximum Gasteiger partial charge on any atom is 0.153 e. The van der Waals surface area contributed by atoms with Crippen LogP contribution in [0.25, 0.3) is 0 Å². The molecule has 5 nitrogen and oxygen atoms in total. The Balaban J connectivity index is 1.62. The molecule has 0 aliphatic carbocycles. The lowest BCUT2D eigenvalue weighted by molar-refractivity contribution is 0.0601. The molecule has 0 saturated carbocycles. The van der Waals surface area contributed by atoms with Crippen LogP contribution in [0.15, 0.2) is 71.3 Å². The molecule has 1 aromatic heterocycles. The van der Waals surface area contributed by atoms with Crippen LogP contribution in [0.2, 0.25) is 0 Å². The number of nitrogens with zero attached hydrogens (tertiary/aromatic N) is 1. The van der Waals surface area contributed by atoms with Crippen molar-refractivity contribution in [3.8, 4) is 5.75 Å². The van der Waals surface area contributed by atoms with Crippen molar-refractivity contribution in [1.82, 2.24) is 4.90 Å². The van der Waals surface area contributed by atoms with Gasteiger partial charge in [0.1, 0.15) is 30.0 Å². The number of benzene rings is 2. The number of carbonyl (C=O) groups excluding carboxylic acids is 1. The maximum absolute atomic E-state index is 13.2. The normalized spacial score (nSPS) is 12.1. The van der Waals surface area contributed by atoms with Gasteiger partial charge in [-0.1, -0.05) is 24.3 Å². The van der Waals surface area contributed by atoms with E-state index in [2.05, 4.69) is 0 Å². The Morgan fingerprint density at radius 1 is 1.07 bits per heavy atom. The second-order valence-corrected chi connectivity index (χ2v) is 6.50. The number of carbonyl (C=O) groups is 1. The summed E-state index contributed by atoms with van der Waals surface area (Å²) in [7, 11) is 0. The number of furan rings is 1. The SMILES string of the molecule is O=Cc1ccccc1OCC(O)CN(Cc1ccc(F)cc1)Cc1ccco1. The lowest BCUT2D eigenvalue weighted by Gasteiger charge is -2.24. The van der Waals surface area contributed by atoms with Crippen molar-refractivity contribution in [1.29, 1.82) is 0 Å². The molecule has 146 valence electrons. The highest BCUT2D eigenvalue weighted by atomic mass is 19.1. The minimum atomic E-state index is -0.782. The molecule has 28 heavy (non-hydrogen) atoms. The minimum absolute atomic E-state index is 0.0446. The van der Waals surface area contributed by atoms with Crippen LogP contribution in [0.4, 0.5) is 4.39 Å². The number of para-hydroxylation sites is 1. The van der Waals surface area contributed by atoms with Crippen molar-refractivity contribution in [3.05, 3.63) is 89.6 Å². The number of hydrogen-bond acceptors (Lipinski definition) is 5. The summed E-state index contributed by atoms with van der Waals surface area (Å²) in [6.45, 7) is 1.37. The molecule has 0 bridgehead atoms. The van der Waals surface area contributed by atoms with Crippen molar-refractivity contribution in [2.45, 2.75) is 19.2 Å². The Morgan fingerprint density at radius 3 is 2.57 bits per heavy atom. The predicted octanol–water partition coefficient (Wildman–Crippen LogP) is 3.67. The zero-order valence-electron chi connectivity index (χ0n) is 15.3. The largest absolute Gasteiger partial charge is 0.490 e. The second kappa shape index (κ2) is 9.82. The predicted molar refractivity (Wildman–Crippen MR) is 103 cm³/mol. The molecule has 0 amide bonds. The molecular weight excluding hydrogens is 361 g/mol. The van der Waals surface area contributed by atoms with Gasteiger partial charge in [0.25, 0.3) is 0 Å². The van der Waals surface area contributed by atoms with Gasteiger partial charge in [0.2, 0.25) is 0 Å². The fourth-order valence-corrected chi connectivity index (χ4v) is 2.90. The molecule has 6 heteroatoms. The molecule has 0 saturated heterocycles. The quantitative estimate of drug-likeness (QED) is 0.541. The highest BCUT2D eigenvalue weighted by Crippen LogP contribution is 2.17. The smallest absolute Gasteiger partial charge is 0.153 e. The van der Waals surface area contributed by atoms with Gasteiger partial charge in [0.05, 0.1) is 18.4 Å². The first-order valence-corrected chi connectivity index (χ1v) is 8.98. The molecule has 3 aromatic rings. The molecule has 0 fully saturated rings. The van der Waals surface area contributed by atoms with Gasteiger partial charge in [-0.05, 0) is 42.0 Å². The summed E-state index contributed by atoms with van der Waals surface area (Å²) in [6.07, 6.45) is 1.54. The average molecular weight is 383 g/mol. The van der Waals surface area contributed by atoms with Gasteiger partial charge in [-0.3, -0.25) is 9.69 Å². The molecule has 2 aromatic carbocycles. The third kappa shape index (κ3) is 5.77. The number of rotatable bonds is 10. The molecular formula is C22H22FNO4. The zero-order valence-corrected chi connectivity index (χ0v) is 15.3. The number of aliphatic hydroxyl groups excluding tert-OH is 1. The van der Waals surface area contributed by atoms with Crippen molar-refractivity contribution in [3.63, 3.8) is 0 Å². The lowest BCUT2D eigenvalue weighted by Crippen LogP contribution is -2.35. The molecule has 0 aliphatic rings. The topological polar surface area (TPSA) is 62.9 Å². The van der Waals surface area contributed by atoms with Crippen LogP contribution in [0.5, 0.6) is 5.75 Å². The molecule has 0 radical (unpaired) electrons. The first-order chi connectivity index (χ1) is 13.6. The Bertz CT molecular complexity index is 865. The third-order valence-corrected chi connectivity index (χ3v) is 4.23. The van der Waals surface area contributed by atoms with Crippen LogP contribution >= 0.6 is 0 Å².